The molecule has 10 nitrogen and oxygen atoms in total. The van der Waals surface area contributed by atoms with E-state index in [1.54, 1.807) is 12.4 Å². The van der Waals surface area contributed by atoms with Crippen molar-refractivity contribution in [2.45, 2.75) is 0 Å². The van der Waals surface area contributed by atoms with E-state index in [-0.39, 0.29) is 5.69 Å². The van der Waals surface area contributed by atoms with Crippen molar-refractivity contribution in [3.8, 4) is 22.8 Å². The van der Waals surface area contributed by atoms with Crippen molar-refractivity contribution in [3.63, 3.8) is 0 Å². The van der Waals surface area contributed by atoms with Crippen molar-refractivity contribution in [2.24, 2.45) is 0 Å². The Morgan fingerprint density at radius 3 is 2.53 bits per heavy atom. The Labute approximate surface area is 181 Å². The molecule has 6 heterocycles. The second kappa shape index (κ2) is 7.31. The molecule has 0 bridgehead atoms. The summed E-state index contributed by atoms with van der Waals surface area (Å²) >= 11 is 0. The third-order valence-electron chi connectivity index (χ3n) is 5.82. The topological polar surface area (TPSA) is 115 Å². The first kappa shape index (κ1) is 18.8. The van der Waals surface area contributed by atoms with Crippen LogP contribution < -0.4 is 4.90 Å². The number of aromatic amines is 2. The first-order valence-electron chi connectivity index (χ1n) is 10.2. The molecule has 0 amide bonds. The van der Waals surface area contributed by atoms with Crippen LogP contribution in [-0.2, 0) is 0 Å². The molecule has 1 aliphatic rings. The number of aromatic nitrogens is 8. The zero-order valence-corrected chi connectivity index (χ0v) is 17.2. The number of piperazine rings is 1. The van der Waals surface area contributed by atoms with Gasteiger partial charge in [0.1, 0.15) is 23.2 Å². The van der Waals surface area contributed by atoms with E-state index in [1.165, 1.54) is 18.7 Å². The summed E-state index contributed by atoms with van der Waals surface area (Å²) < 4.78 is 15.6. The van der Waals surface area contributed by atoms with Crippen molar-refractivity contribution in [1.82, 2.24) is 45.0 Å². The van der Waals surface area contributed by atoms with Crippen molar-refractivity contribution >= 4 is 27.6 Å². The van der Waals surface area contributed by atoms with Crippen molar-refractivity contribution in [3.05, 3.63) is 43.1 Å². The van der Waals surface area contributed by atoms with Gasteiger partial charge in [-0.3, -0.25) is 15.1 Å². The van der Waals surface area contributed by atoms with Crippen LogP contribution in [0.25, 0.3) is 44.7 Å². The highest BCUT2D eigenvalue weighted by atomic mass is 19.1. The number of likely N-dealkylation sites (N-methyl/N-ethyl adjacent to an activating group) is 1. The van der Waals surface area contributed by atoms with E-state index in [9.17, 15) is 0 Å². The normalized spacial score (nSPS) is 15.1. The maximum Gasteiger partial charge on any atom is 0.161 e. The smallest absolute Gasteiger partial charge is 0.161 e. The molecule has 6 rings (SSSR count). The third kappa shape index (κ3) is 2.97. The van der Waals surface area contributed by atoms with Crippen molar-refractivity contribution in [1.29, 1.82) is 0 Å². The van der Waals surface area contributed by atoms with Gasteiger partial charge in [-0.1, -0.05) is 0 Å². The van der Waals surface area contributed by atoms with Gasteiger partial charge in [-0.15, -0.1) is 0 Å². The fourth-order valence-corrected chi connectivity index (χ4v) is 4.08. The van der Waals surface area contributed by atoms with Crippen LogP contribution in [-0.4, -0.2) is 78.2 Å². The van der Waals surface area contributed by atoms with E-state index in [4.69, 9.17) is 4.98 Å². The van der Waals surface area contributed by atoms with Gasteiger partial charge in [0.25, 0.3) is 0 Å². The predicted octanol–water partition coefficient (Wildman–Crippen LogP) is 2.24. The lowest BCUT2D eigenvalue weighted by atomic mass is 10.1. The van der Waals surface area contributed by atoms with Crippen LogP contribution >= 0.6 is 0 Å². The van der Waals surface area contributed by atoms with Gasteiger partial charge in [-0.05, 0) is 7.05 Å². The Morgan fingerprint density at radius 2 is 1.72 bits per heavy atom. The summed E-state index contributed by atoms with van der Waals surface area (Å²) in [5.74, 6) is -0.0334. The first-order valence-corrected chi connectivity index (χ1v) is 10.2. The Bertz CT molecular complexity index is 1420. The summed E-state index contributed by atoms with van der Waals surface area (Å²) in [6.07, 6.45) is 9.56. The average molecular weight is 430 g/mol. The van der Waals surface area contributed by atoms with Crippen molar-refractivity contribution in [2.75, 3.05) is 38.1 Å². The Balaban J connectivity index is 1.48. The average Bonchev–Trinajstić information content (AvgIpc) is 3.45. The minimum absolute atomic E-state index is 0.164. The number of hydrogen-bond acceptors (Lipinski definition) is 8. The minimum atomic E-state index is -0.501. The molecule has 0 spiro atoms. The number of H-pyrrole nitrogens is 2. The number of anilines is 1. The minimum Gasteiger partial charge on any atom is -0.366 e. The number of pyridine rings is 2. The summed E-state index contributed by atoms with van der Waals surface area (Å²) in [6.45, 7) is 3.74. The van der Waals surface area contributed by atoms with Gasteiger partial charge < -0.3 is 14.8 Å². The SMILES string of the molecule is CN1CCN(c2cncc3[nH]c(-c4n[nH]c5cnc(-c6cncnc6)c(F)c45)nc23)CC1. The summed E-state index contributed by atoms with van der Waals surface area (Å²) in [7, 11) is 2.12. The lowest BCUT2D eigenvalue weighted by Gasteiger charge is -2.33. The molecular formula is C21H19FN10. The lowest BCUT2D eigenvalue weighted by molar-refractivity contribution is 0.313. The molecule has 2 N–H and O–H groups in total. The Hall–Kier alpha value is -3.99. The van der Waals surface area contributed by atoms with E-state index in [0.717, 1.165) is 42.9 Å². The zero-order chi connectivity index (χ0) is 21.7. The molecular weight excluding hydrogens is 411 g/mol. The summed E-state index contributed by atoms with van der Waals surface area (Å²) in [5, 5.41) is 7.51. The van der Waals surface area contributed by atoms with Crippen LogP contribution in [0.15, 0.2) is 37.3 Å². The van der Waals surface area contributed by atoms with Gasteiger partial charge in [0.05, 0.1) is 40.7 Å². The molecule has 160 valence electrons. The van der Waals surface area contributed by atoms with Gasteiger partial charge in [-0.25, -0.2) is 19.3 Å². The molecule has 1 aliphatic heterocycles. The van der Waals surface area contributed by atoms with Crippen LogP contribution in [0.3, 0.4) is 0 Å². The quantitative estimate of drug-likeness (QED) is 0.448. The summed E-state index contributed by atoms with van der Waals surface area (Å²) in [6, 6.07) is 0. The lowest BCUT2D eigenvalue weighted by Crippen LogP contribution is -2.44. The molecule has 0 atom stereocenters. The molecule has 11 heteroatoms. The molecule has 5 aromatic heterocycles. The number of halogens is 1. The second-order valence-electron chi connectivity index (χ2n) is 7.84. The summed E-state index contributed by atoms with van der Waals surface area (Å²) in [4.78, 5) is 29.2. The third-order valence-corrected chi connectivity index (χ3v) is 5.82. The van der Waals surface area contributed by atoms with Gasteiger partial charge in [0.2, 0.25) is 0 Å². The van der Waals surface area contributed by atoms with E-state index >= 15 is 4.39 Å². The van der Waals surface area contributed by atoms with Gasteiger partial charge in [0, 0.05) is 44.1 Å². The molecule has 0 saturated carbocycles. The number of nitrogens with one attached hydrogen (secondary N) is 2. The van der Waals surface area contributed by atoms with E-state index in [1.807, 2.05) is 6.20 Å². The second-order valence-corrected chi connectivity index (χ2v) is 7.84. The molecule has 0 aromatic carbocycles. The van der Waals surface area contributed by atoms with Crippen LogP contribution in [0.2, 0.25) is 0 Å². The number of nitrogens with zero attached hydrogens (tertiary/aromatic N) is 8. The predicted molar refractivity (Wildman–Crippen MR) is 117 cm³/mol. The van der Waals surface area contributed by atoms with Crippen molar-refractivity contribution < 1.29 is 4.39 Å². The largest absolute Gasteiger partial charge is 0.366 e. The van der Waals surface area contributed by atoms with Crippen LogP contribution in [0.1, 0.15) is 0 Å². The fraction of sp³-hybridized carbons (Fsp3) is 0.238. The molecule has 0 radical (unpaired) electrons. The molecule has 32 heavy (non-hydrogen) atoms. The van der Waals surface area contributed by atoms with Crippen LogP contribution in [0, 0.1) is 5.82 Å². The Morgan fingerprint density at radius 1 is 0.906 bits per heavy atom. The first-order chi connectivity index (χ1) is 15.7. The highest BCUT2D eigenvalue weighted by Crippen LogP contribution is 2.33. The number of imidazole rings is 1. The van der Waals surface area contributed by atoms with Crippen LogP contribution in [0.5, 0.6) is 0 Å². The molecule has 0 unspecified atom stereocenters. The number of rotatable bonds is 3. The highest BCUT2D eigenvalue weighted by Gasteiger charge is 2.23. The molecule has 0 aliphatic carbocycles. The highest BCUT2D eigenvalue weighted by molar-refractivity contribution is 5.96. The van der Waals surface area contributed by atoms with E-state index < -0.39 is 5.82 Å². The van der Waals surface area contributed by atoms with Gasteiger partial charge in [-0.2, -0.15) is 5.10 Å². The summed E-state index contributed by atoms with van der Waals surface area (Å²) in [5.41, 5.74) is 4.05. The zero-order valence-electron chi connectivity index (χ0n) is 17.2. The molecule has 1 saturated heterocycles. The fourth-order valence-electron chi connectivity index (χ4n) is 4.08. The Kier molecular flexibility index (Phi) is 4.28. The van der Waals surface area contributed by atoms with E-state index in [0.29, 0.717) is 28.0 Å². The van der Waals surface area contributed by atoms with E-state index in [2.05, 4.69) is 52.0 Å². The number of hydrogen-bond donors (Lipinski definition) is 2. The maximum absolute atomic E-state index is 15.6. The monoisotopic (exact) mass is 430 g/mol. The van der Waals surface area contributed by atoms with Gasteiger partial charge in [0.15, 0.2) is 11.6 Å². The van der Waals surface area contributed by atoms with Crippen LogP contribution in [0.4, 0.5) is 10.1 Å². The molecule has 1 fully saturated rings. The van der Waals surface area contributed by atoms with Gasteiger partial charge >= 0.3 is 0 Å². The standard InChI is InChI=1S/C21H19FN10/c1-31-2-4-32(5-3-31)15-10-23-8-14-19(15)28-21(27-14)20-16-13(29-30-20)9-26-18(17(16)22)12-6-24-11-25-7-12/h6-11H,2-5H2,1H3,(H,27,28)(H,29,30). The number of fused-ring (bicyclic) bond motifs is 2. The molecule has 5 aromatic rings. The maximum atomic E-state index is 15.6.